The van der Waals surface area contributed by atoms with Gasteiger partial charge in [-0.2, -0.15) is 9.40 Å². The van der Waals surface area contributed by atoms with Crippen LogP contribution in [0.5, 0.6) is 17.4 Å². The van der Waals surface area contributed by atoms with Gasteiger partial charge in [-0.1, -0.05) is 12.1 Å². The second-order valence-electron chi connectivity index (χ2n) is 11.2. The Morgan fingerprint density at radius 3 is 2.47 bits per heavy atom. The average Bonchev–Trinajstić information content (AvgIpc) is 3.63. The molecule has 2 aromatic heterocycles. The van der Waals surface area contributed by atoms with Gasteiger partial charge in [-0.3, -0.25) is 4.79 Å². The third-order valence-corrected chi connectivity index (χ3v) is 9.33. The number of para-hydroxylation sites is 1. The van der Waals surface area contributed by atoms with Gasteiger partial charge in [0.15, 0.2) is 17.3 Å². The summed E-state index contributed by atoms with van der Waals surface area (Å²) in [7, 11) is -3.36. The second-order valence-corrected chi connectivity index (χ2v) is 13.2. The standard InChI is InChI=1S/C32H31F3N6O5S/c1-19-11-30(46-27-6-4-3-5-24(27)33)37-17-26(19)41-32(36)23(16-38-41)31(42)22-12-20-14-25(28(15-21(20)13-22)45-18-29(34)35)39-7-9-40(10-8-39)47(2,43)44/h3-6,11,13-17,29H,7-10,12,18,36H2,1-2H3. The molecule has 0 spiro atoms. The fourth-order valence-electron chi connectivity index (χ4n) is 5.62. The van der Waals surface area contributed by atoms with Crippen molar-refractivity contribution >= 4 is 33.4 Å². The van der Waals surface area contributed by atoms with Crippen LogP contribution in [0, 0.1) is 12.7 Å². The number of Topliss-reactive ketones (excluding diaryl/α,β-unsaturated/α-hetero) is 1. The van der Waals surface area contributed by atoms with Crippen LogP contribution in [-0.4, -0.2) is 78.7 Å². The number of nitrogen functional groups attached to an aromatic ring is 1. The third-order valence-electron chi connectivity index (χ3n) is 8.02. The minimum absolute atomic E-state index is 0.0267. The molecule has 0 saturated carbocycles. The molecular weight excluding hydrogens is 637 g/mol. The number of allylic oxidation sites excluding steroid dienone is 1. The number of anilines is 2. The number of benzene rings is 2. The molecule has 0 bridgehead atoms. The van der Waals surface area contributed by atoms with Gasteiger partial charge in [-0.05, 0) is 54.0 Å². The van der Waals surface area contributed by atoms with Gasteiger partial charge >= 0.3 is 0 Å². The van der Waals surface area contributed by atoms with Crippen LogP contribution in [0.4, 0.5) is 24.7 Å². The highest BCUT2D eigenvalue weighted by molar-refractivity contribution is 7.88. The number of nitrogens with two attached hydrogens (primary N) is 1. The molecule has 1 fully saturated rings. The van der Waals surface area contributed by atoms with Crippen LogP contribution < -0.4 is 20.1 Å². The molecule has 3 heterocycles. The Bertz CT molecular complexity index is 1990. The van der Waals surface area contributed by atoms with E-state index in [-0.39, 0.29) is 54.1 Å². The number of carbonyl (C=O) groups excluding carboxylic acids is 1. The van der Waals surface area contributed by atoms with Crippen molar-refractivity contribution in [2.75, 3.05) is 49.7 Å². The molecule has 11 nitrogen and oxygen atoms in total. The Hall–Kier alpha value is -4.89. The van der Waals surface area contributed by atoms with Crippen LogP contribution in [0.1, 0.15) is 27.0 Å². The minimum atomic E-state index is -3.36. The van der Waals surface area contributed by atoms with Crippen LogP contribution in [-0.2, 0) is 16.4 Å². The normalized spacial score (nSPS) is 15.1. The molecule has 47 heavy (non-hydrogen) atoms. The monoisotopic (exact) mass is 668 g/mol. The average molecular weight is 669 g/mol. The first-order valence-electron chi connectivity index (χ1n) is 14.6. The molecule has 1 aliphatic heterocycles. The molecular formula is C32H31F3N6O5S. The van der Waals surface area contributed by atoms with Gasteiger partial charge in [0.2, 0.25) is 15.9 Å². The molecule has 246 valence electrons. The van der Waals surface area contributed by atoms with E-state index in [1.807, 2.05) is 4.90 Å². The van der Waals surface area contributed by atoms with Gasteiger partial charge < -0.3 is 20.1 Å². The highest BCUT2D eigenvalue weighted by atomic mass is 32.2. The topological polar surface area (TPSA) is 133 Å². The highest BCUT2D eigenvalue weighted by Crippen LogP contribution is 2.39. The minimum Gasteiger partial charge on any atom is -0.485 e. The molecule has 0 unspecified atom stereocenters. The van der Waals surface area contributed by atoms with Crippen LogP contribution in [0.25, 0.3) is 11.8 Å². The van der Waals surface area contributed by atoms with Crippen molar-refractivity contribution in [3.05, 3.63) is 88.5 Å². The molecule has 2 N–H and O–H groups in total. The molecule has 1 saturated heterocycles. The second kappa shape index (κ2) is 12.7. The number of sulfonamides is 1. The van der Waals surface area contributed by atoms with Gasteiger partial charge in [-0.15, -0.1) is 0 Å². The zero-order chi connectivity index (χ0) is 33.5. The van der Waals surface area contributed by atoms with E-state index in [9.17, 15) is 26.4 Å². The number of halogens is 3. The molecule has 1 aliphatic carbocycles. The van der Waals surface area contributed by atoms with E-state index in [4.69, 9.17) is 15.2 Å². The van der Waals surface area contributed by atoms with E-state index >= 15 is 0 Å². The SMILES string of the molecule is Cc1cc(Oc2ccccc2F)ncc1-n1ncc(C(=O)C2=Cc3cc(OCC(F)F)c(N4CCN(S(C)(=O)=O)CC4)cc3C2)c1N. The first-order chi connectivity index (χ1) is 22.4. The number of alkyl halides is 2. The van der Waals surface area contributed by atoms with E-state index in [0.717, 1.165) is 11.8 Å². The molecule has 0 amide bonds. The number of rotatable bonds is 10. The fraction of sp³-hybridized carbons (Fsp3) is 0.281. The van der Waals surface area contributed by atoms with Crippen molar-refractivity contribution in [2.24, 2.45) is 0 Å². The Balaban J connectivity index is 1.22. The molecule has 0 atom stereocenters. The summed E-state index contributed by atoms with van der Waals surface area (Å²) in [5.74, 6) is -0.378. The van der Waals surface area contributed by atoms with E-state index in [0.29, 0.717) is 41.2 Å². The number of ketones is 1. The van der Waals surface area contributed by atoms with E-state index in [1.54, 1.807) is 43.3 Å². The van der Waals surface area contributed by atoms with Crippen LogP contribution in [0.2, 0.25) is 0 Å². The summed E-state index contributed by atoms with van der Waals surface area (Å²) >= 11 is 0. The number of aromatic nitrogens is 3. The van der Waals surface area contributed by atoms with Crippen molar-refractivity contribution in [2.45, 2.75) is 19.8 Å². The number of hydrogen-bond donors (Lipinski definition) is 1. The predicted molar refractivity (Wildman–Crippen MR) is 170 cm³/mol. The summed E-state index contributed by atoms with van der Waals surface area (Å²) in [6.45, 7) is 2.13. The molecule has 15 heteroatoms. The largest absolute Gasteiger partial charge is 0.485 e. The van der Waals surface area contributed by atoms with Crippen molar-refractivity contribution in [3.63, 3.8) is 0 Å². The van der Waals surface area contributed by atoms with E-state index in [1.165, 1.54) is 33.5 Å². The Morgan fingerprint density at radius 2 is 1.79 bits per heavy atom. The smallest absolute Gasteiger partial charge is 0.272 e. The summed E-state index contributed by atoms with van der Waals surface area (Å²) in [5, 5.41) is 4.33. The van der Waals surface area contributed by atoms with Crippen LogP contribution >= 0.6 is 0 Å². The lowest BCUT2D eigenvalue weighted by Gasteiger charge is -2.35. The maximum Gasteiger partial charge on any atom is 0.272 e. The maximum atomic E-state index is 14.0. The fourth-order valence-corrected chi connectivity index (χ4v) is 6.45. The Kier molecular flexibility index (Phi) is 8.68. The summed E-state index contributed by atoms with van der Waals surface area (Å²) in [6.07, 6.45) is 3.22. The quantitative estimate of drug-likeness (QED) is 0.240. The van der Waals surface area contributed by atoms with Crippen LogP contribution in [0.3, 0.4) is 0 Å². The first-order valence-corrected chi connectivity index (χ1v) is 16.5. The van der Waals surface area contributed by atoms with Crippen molar-refractivity contribution in [1.29, 1.82) is 0 Å². The van der Waals surface area contributed by atoms with Gasteiger partial charge in [0.1, 0.15) is 18.2 Å². The van der Waals surface area contributed by atoms with Gasteiger partial charge in [-0.25, -0.2) is 31.3 Å². The van der Waals surface area contributed by atoms with Crippen molar-refractivity contribution in [1.82, 2.24) is 19.1 Å². The maximum absolute atomic E-state index is 14.0. The molecule has 4 aromatic rings. The molecule has 6 rings (SSSR count). The van der Waals surface area contributed by atoms with Gasteiger partial charge in [0, 0.05) is 44.2 Å². The number of pyridine rings is 1. The highest BCUT2D eigenvalue weighted by Gasteiger charge is 2.29. The summed E-state index contributed by atoms with van der Waals surface area (Å²) in [5.41, 5.74) is 10.1. The zero-order valence-corrected chi connectivity index (χ0v) is 26.3. The number of nitrogens with zero attached hydrogens (tertiary/aromatic N) is 5. The number of ether oxygens (including phenoxy) is 2. The molecule has 2 aliphatic rings. The van der Waals surface area contributed by atoms with Gasteiger partial charge in [0.25, 0.3) is 6.43 Å². The third kappa shape index (κ3) is 6.67. The number of piperazine rings is 1. The predicted octanol–water partition coefficient (Wildman–Crippen LogP) is 4.64. The number of aryl methyl sites for hydroxylation is 1. The van der Waals surface area contributed by atoms with E-state index < -0.39 is 28.9 Å². The van der Waals surface area contributed by atoms with E-state index in [2.05, 4.69) is 10.1 Å². The zero-order valence-electron chi connectivity index (χ0n) is 25.5. The molecule has 0 radical (unpaired) electrons. The first kappa shape index (κ1) is 32.1. The Labute approximate surface area is 269 Å². The van der Waals surface area contributed by atoms with Gasteiger partial charge in [0.05, 0.1) is 35.6 Å². The summed E-state index contributed by atoms with van der Waals surface area (Å²) < 4.78 is 78.0. The lowest BCUT2D eigenvalue weighted by atomic mass is 10.0. The van der Waals surface area contributed by atoms with Crippen molar-refractivity contribution < 1.29 is 35.9 Å². The summed E-state index contributed by atoms with van der Waals surface area (Å²) in [6, 6.07) is 11.0. The van der Waals surface area contributed by atoms with Crippen molar-refractivity contribution in [3.8, 4) is 23.1 Å². The lowest BCUT2D eigenvalue weighted by molar-refractivity contribution is 0.0820. The lowest BCUT2D eigenvalue weighted by Crippen LogP contribution is -2.48. The number of hydrogen-bond acceptors (Lipinski definition) is 9. The molecule has 2 aromatic carbocycles. The number of fused-ring (bicyclic) bond motifs is 1. The number of carbonyl (C=O) groups is 1. The Morgan fingerprint density at radius 1 is 1.04 bits per heavy atom. The van der Waals surface area contributed by atoms with Crippen LogP contribution in [0.15, 0.2) is 60.4 Å². The summed E-state index contributed by atoms with van der Waals surface area (Å²) in [4.78, 5) is 19.8.